The van der Waals surface area contributed by atoms with Gasteiger partial charge in [-0.05, 0) is 24.1 Å². The van der Waals surface area contributed by atoms with Crippen molar-refractivity contribution < 1.29 is 5.11 Å². The van der Waals surface area contributed by atoms with Gasteiger partial charge in [0.1, 0.15) is 5.75 Å². The molecule has 0 saturated heterocycles. The number of hydrogen-bond acceptors (Lipinski definition) is 1. The standard InChI is InChI=1S/C8H8Br2O/c1-2-6-7(9)3-5(11)4-8(6)10/h3-4,11H,2H2,1H3. The summed E-state index contributed by atoms with van der Waals surface area (Å²) < 4.78 is 1.90. The highest BCUT2D eigenvalue weighted by atomic mass is 79.9. The molecule has 0 spiro atoms. The molecule has 1 N–H and O–H groups in total. The van der Waals surface area contributed by atoms with Crippen LogP contribution in [0.15, 0.2) is 21.1 Å². The van der Waals surface area contributed by atoms with Crippen molar-refractivity contribution in [3.63, 3.8) is 0 Å². The fourth-order valence-corrected chi connectivity index (χ4v) is 2.65. The number of aromatic hydroxyl groups is 1. The van der Waals surface area contributed by atoms with Gasteiger partial charge in [0, 0.05) is 8.95 Å². The van der Waals surface area contributed by atoms with Gasteiger partial charge < -0.3 is 5.11 Å². The Morgan fingerprint density at radius 2 is 1.73 bits per heavy atom. The zero-order valence-corrected chi connectivity index (χ0v) is 9.24. The molecule has 0 heterocycles. The zero-order chi connectivity index (χ0) is 8.43. The van der Waals surface area contributed by atoms with E-state index in [0.717, 1.165) is 15.4 Å². The second-order valence-electron chi connectivity index (χ2n) is 2.24. The number of halogens is 2. The van der Waals surface area contributed by atoms with Gasteiger partial charge in [-0.3, -0.25) is 0 Å². The van der Waals surface area contributed by atoms with Crippen LogP contribution in [-0.2, 0) is 6.42 Å². The monoisotopic (exact) mass is 278 g/mol. The first-order valence-electron chi connectivity index (χ1n) is 3.32. The van der Waals surface area contributed by atoms with Gasteiger partial charge in [0.2, 0.25) is 0 Å². The molecule has 0 fully saturated rings. The van der Waals surface area contributed by atoms with Crippen LogP contribution in [0.3, 0.4) is 0 Å². The Labute approximate surface area is 82.7 Å². The average Bonchev–Trinajstić information content (AvgIpc) is 1.85. The number of hydrogen-bond donors (Lipinski definition) is 1. The summed E-state index contributed by atoms with van der Waals surface area (Å²) in [4.78, 5) is 0. The van der Waals surface area contributed by atoms with Crippen molar-refractivity contribution in [2.75, 3.05) is 0 Å². The number of rotatable bonds is 1. The molecule has 60 valence electrons. The lowest BCUT2D eigenvalue weighted by Gasteiger charge is -2.04. The summed E-state index contributed by atoms with van der Waals surface area (Å²) in [6, 6.07) is 3.40. The topological polar surface area (TPSA) is 20.2 Å². The SMILES string of the molecule is CCc1c(Br)cc(O)cc1Br. The van der Waals surface area contributed by atoms with Gasteiger partial charge in [0.05, 0.1) is 0 Å². The fraction of sp³-hybridized carbons (Fsp3) is 0.250. The molecule has 1 aromatic rings. The third kappa shape index (κ3) is 1.97. The molecule has 0 aliphatic rings. The lowest BCUT2D eigenvalue weighted by molar-refractivity contribution is 0.474. The second kappa shape index (κ2) is 3.59. The maximum Gasteiger partial charge on any atom is 0.117 e. The van der Waals surface area contributed by atoms with Crippen molar-refractivity contribution in [1.82, 2.24) is 0 Å². The molecule has 0 unspecified atom stereocenters. The molecule has 0 amide bonds. The summed E-state index contributed by atoms with van der Waals surface area (Å²) in [7, 11) is 0. The number of benzene rings is 1. The first-order chi connectivity index (χ1) is 5.15. The summed E-state index contributed by atoms with van der Waals surface area (Å²) >= 11 is 6.74. The molecule has 0 radical (unpaired) electrons. The van der Waals surface area contributed by atoms with E-state index in [1.807, 2.05) is 0 Å². The van der Waals surface area contributed by atoms with E-state index in [4.69, 9.17) is 5.11 Å². The Balaban J connectivity index is 3.25. The largest absolute Gasteiger partial charge is 0.508 e. The van der Waals surface area contributed by atoms with Crippen LogP contribution in [-0.4, -0.2) is 5.11 Å². The third-order valence-corrected chi connectivity index (χ3v) is 2.89. The average molecular weight is 280 g/mol. The van der Waals surface area contributed by atoms with Gasteiger partial charge >= 0.3 is 0 Å². The van der Waals surface area contributed by atoms with E-state index in [2.05, 4.69) is 38.8 Å². The minimum absolute atomic E-state index is 0.279. The van der Waals surface area contributed by atoms with E-state index in [1.165, 1.54) is 5.56 Å². The predicted octanol–water partition coefficient (Wildman–Crippen LogP) is 3.48. The molecular weight excluding hydrogens is 272 g/mol. The molecule has 1 rings (SSSR count). The van der Waals surface area contributed by atoms with Gasteiger partial charge in [-0.2, -0.15) is 0 Å². The Kier molecular flexibility index (Phi) is 2.96. The Hall–Kier alpha value is -0.0200. The first-order valence-corrected chi connectivity index (χ1v) is 4.90. The van der Waals surface area contributed by atoms with Gasteiger partial charge in [0.15, 0.2) is 0 Å². The fourth-order valence-electron chi connectivity index (χ4n) is 0.927. The predicted molar refractivity (Wildman–Crippen MR) is 52.9 cm³/mol. The summed E-state index contributed by atoms with van der Waals surface area (Å²) in [5, 5.41) is 9.15. The van der Waals surface area contributed by atoms with Gasteiger partial charge in [-0.15, -0.1) is 0 Å². The maximum atomic E-state index is 9.15. The van der Waals surface area contributed by atoms with Crippen molar-refractivity contribution in [3.05, 3.63) is 26.6 Å². The van der Waals surface area contributed by atoms with Gasteiger partial charge in [-0.1, -0.05) is 38.8 Å². The van der Waals surface area contributed by atoms with E-state index >= 15 is 0 Å². The molecule has 0 atom stereocenters. The van der Waals surface area contributed by atoms with E-state index in [1.54, 1.807) is 12.1 Å². The summed E-state index contributed by atoms with van der Waals surface area (Å²) in [5.41, 5.74) is 1.18. The van der Waals surface area contributed by atoms with Crippen LogP contribution >= 0.6 is 31.9 Å². The van der Waals surface area contributed by atoms with Crippen molar-refractivity contribution in [2.45, 2.75) is 13.3 Å². The van der Waals surface area contributed by atoms with Crippen LogP contribution in [0.5, 0.6) is 5.75 Å². The van der Waals surface area contributed by atoms with Crippen molar-refractivity contribution in [2.24, 2.45) is 0 Å². The van der Waals surface area contributed by atoms with Crippen molar-refractivity contribution in [1.29, 1.82) is 0 Å². The van der Waals surface area contributed by atoms with Crippen LogP contribution in [0.25, 0.3) is 0 Å². The highest BCUT2D eigenvalue weighted by Crippen LogP contribution is 2.30. The highest BCUT2D eigenvalue weighted by Gasteiger charge is 2.03. The molecular formula is C8H8Br2O. The summed E-state index contributed by atoms with van der Waals surface area (Å²) in [6.45, 7) is 2.07. The van der Waals surface area contributed by atoms with Crippen LogP contribution in [0.2, 0.25) is 0 Å². The lowest BCUT2D eigenvalue weighted by Crippen LogP contribution is -1.84. The lowest BCUT2D eigenvalue weighted by atomic mass is 10.2. The molecule has 1 aromatic carbocycles. The quantitative estimate of drug-likeness (QED) is 0.835. The highest BCUT2D eigenvalue weighted by molar-refractivity contribution is 9.11. The Morgan fingerprint density at radius 3 is 2.09 bits per heavy atom. The van der Waals surface area contributed by atoms with Crippen LogP contribution in [0.1, 0.15) is 12.5 Å². The minimum Gasteiger partial charge on any atom is -0.508 e. The van der Waals surface area contributed by atoms with E-state index in [9.17, 15) is 0 Å². The second-order valence-corrected chi connectivity index (χ2v) is 3.95. The van der Waals surface area contributed by atoms with Crippen LogP contribution in [0.4, 0.5) is 0 Å². The van der Waals surface area contributed by atoms with Crippen molar-refractivity contribution >= 4 is 31.9 Å². The van der Waals surface area contributed by atoms with Crippen molar-refractivity contribution in [3.8, 4) is 5.75 Å². The van der Waals surface area contributed by atoms with Crippen LogP contribution < -0.4 is 0 Å². The van der Waals surface area contributed by atoms with E-state index < -0.39 is 0 Å². The van der Waals surface area contributed by atoms with Gasteiger partial charge in [0.25, 0.3) is 0 Å². The Bertz CT molecular complexity index is 248. The minimum atomic E-state index is 0.279. The smallest absolute Gasteiger partial charge is 0.117 e. The molecule has 0 aliphatic carbocycles. The third-order valence-electron chi connectivity index (χ3n) is 1.48. The molecule has 11 heavy (non-hydrogen) atoms. The molecule has 0 aliphatic heterocycles. The number of phenols is 1. The first kappa shape index (κ1) is 9.07. The summed E-state index contributed by atoms with van der Waals surface area (Å²) in [6.07, 6.45) is 0.946. The maximum absolute atomic E-state index is 9.15. The van der Waals surface area contributed by atoms with E-state index in [-0.39, 0.29) is 5.75 Å². The normalized spacial score (nSPS) is 10.1. The van der Waals surface area contributed by atoms with E-state index in [0.29, 0.717) is 0 Å². The molecule has 1 nitrogen and oxygen atoms in total. The summed E-state index contributed by atoms with van der Waals surface area (Å²) in [5.74, 6) is 0.279. The number of phenolic OH excluding ortho intramolecular Hbond substituents is 1. The molecule has 0 aromatic heterocycles. The molecule has 0 saturated carbocycles. The molecule has 3 heteroatoms. The zero-order valence-electron chi connectivity index (χ0n) is 6.06. The molecule has 0 bridgehead atoms. The Morgan fingerprint density at radius 1 is 1.27 bits per heavy atom. The van der Waals surface area contributed by atoms with Crippen LogP contribution in [0, 0.1) is 0 Å². The van der Waals surface area contributed by atoms with Gasteiger partial charge in [-0.25, -0.2) is 0 Å².